The number of hydrogen-bond donors (Lipinski definition) is 0. The summed E-state index contributed by atoms with van der Waals surface area (Å²) in [6.07, 6.45) is 1.69. The fourth-order valence-corrected chi connectivity index (χ4v) is 3.26. The zero-order valence-electron chi connectivity index (χ0n) is 12.1. The minimum absolute atomic E-state index is 0.128. The van der Waals surface area contributed by atoms with Crippen LogP contribution in [0.5, 0.6) is 11.5 Å². The van der Waals surface area contributed by atoms with E-state index in [4.69, 9.17) is 9.47 Å². The Morgan fingerprint density at radius 1 is 1.33 bits per heavy atom. The highest BCUT2D eigenvalue weighted by Crippen LogP contribution is 2.26. The molecule has 1 aromatic carbocycles. The Morgan fingerprint density at radius 2 is 2.00 bits per heavy atom. The number of ether oxygens (including phenoxy) is 2. The summed E-state index contributed by atoms with van der Waals surface area (Å²) in [5.41, 5.74) is 0. The van der Waals surface area contributed by atoms with Crippen molar-refractivity contribution < 1.29 is 22.7 Å². The largest absolute Gasteiger partial charge is 0.493 e. The lowest BCUT2D eigenvalue weighted by atomic mass is 10.3. The number of benzene rings is 1. The van der Waals surface area contributed by atoms with Gasteiger partial charge in [0.15, 0.2) is 27.9 Å². The second-order valence-electron chi connectivity index (χ2n) is 5.02. The predicted molar refractivity (Wildman–Crippen MR) is 78.3 cm³/mol. The second-order valence-corrected chi connectivity index (χ2v) is 7.35. The maximum absolute atomic E-state index is 12.1. The first-order valence-corrected chi connectivity index (χ1v) is 8.59. The van der Waals surface area contributed by atoms with Gasteiger partial charge in [0.1, 0.15) is 0 Å². The molecule has 2 rings (SSSR count). The topological polar surface area (TPSA) is 72.9 Å². The number of carbonyl (C=O) groups is 1. The number of hydrogen-bond acceptors (Lipinski definition) is 5. The van der Waals surface area contributed by atoms with Gasteiger partial charge in [0.25, 0.3) is 5.91 Å². The molecule has 1 atom stereocenters. The molecule has 1 saturated heterocycles. The molecule has 1 aliphatic rings. The van der Waals surface area contributed by atoms with Crippen molar-refractivity contribution in [1.29, 1.82) is 0 Å². The quantitative estimate of drug-likeness (QED) is 0.801. The summed E-state index contributed by atoms with van der Waals surface area (Å²) < 4.78 is 33.6. The Kier molecular flexibility index (Phi) is 4.72. The van der Waals surface area contributed by atoms with Crippen LogP contribution in [0.25, 0.3) is 0 Å². The molecule has 0 radical (unpaired) electrons. The summed E-state index contributed by atoms with van der Waals surface area (Å²) in [7, 11) is -1.57. The highest BCUT2D eigenvalue weighted by molar-refractivity contribution is 7.91. The van der Waals surface area contributed by atoms with Crippen molar-refractivity contribution in [2.45, 2.75) is 11.7 Å². The molecular formula is C14H19NO5S. The molecule has 0 aliphatic carbocycles. The number of para-hydroxylation sites is 2. The molecule has 1 aromatic rings. The van der Waals surface area contributed by atoms with E-state index in [1.807, 2.05) is 6.07 Å². The van der Waals surface area contributed by atoms with E-state index in [1.165, 1.54) is 18.3 Å². The van der Waals surface area contributed by atoms with E-state index in [9.17, 15) is 13.2 Å². The molecule has 1 amide bonds. The Hall–Kier alpha value is -1.76. The van der Waals surface area contributed by atoms with Crippen LogP contribution in [0.3, 0.4) is 0 Å². The van der Waals surface area contributed by atoms with Crippen LogP contribution in [0.2, 0.25) is 0 Å². The van der Waals surface area contributed by atoms with Gasteiger partial charge in [0.2, 0.25) is 0 Å². The lowest BCUT2D eigenvalue weighted by Crippen LogP contribution is -2.34. The van der Waals surface area contributed by atoms with Gasteiger partial charge in [-0.25, -0.2) is 8.42 Å². The molecule has 0 saturated carbocycles. The van der Waals surface area contributed by atoms with Gasteiger partial charge in [0.05, 0.1) is 12.4 Å². The fraction of sp³-hybridized carbons (Fsp3) is 0.500. The Morgan fingerprint density at radius 3 is 2.57 bits per heavy atom. The van der Waals surface area contributed by atoms with Crippen molar-refractivity contribution in [3.8, 4) is 11.5 Å². The maximum Gasteiger partial charge on any atom is 0.260 e. The van der Waals surface area contributed by atoms with Crippen molar-refractivity contribution in [2.75, 3.05) is 33.1 Å². The lowest BCUT2D eigenvalue weighted by Gasteiger charge is -2.17. The smallest absolute Gasteiger partial charge is 0.260 e. The summed E-state index contributed by atoms with van der Waals surface area (Å²) in [5.74, 6) is 0.833. The first kappa shape index (κ1) is 15.6. The maximum atomic E-state index is 12.1. The number of carbonyl (C=O) groups excluding carboxylic acids is 1. The molecule has 0 bridgehead atoms. The summed E-state index contributed by atoms with van der Waals surface area (Å²) in [6, 6.07) is 7.06. The van der Waals surface area contributed by atoms with E-state index in [1.54, 1.807) is 18.2 Å². The molecule has 116 valence electrons. The van der Waals surface area contributed by atoms with Gasteiger partial charge in [-0.1, -0.05) is 12.1 Å². The molecular weight excluding hydrogens is 294 g/mol. The predicted octanol–water partition coefficient (Wildman–Crippen LogP) is 0.720. The Balaban J connectivity index is 1.91. The molecule has 1 heterocycles. The van der Waals surface area contributed by atoms with Gasteiger partial charge >= 0.3 is 0 Å². The first-order valence-electron chi connectivity index (χ1n) is 6.64. The van der Waals surface area contributed by atoms with Crippen LogP contribution in [0, 0.1) is 0 Å². The SMILES string of the molecule is COc1ccccc1OCC(=O)N1CCC(S(C)(=O)=O)C1. The third-order valence-electron chi connectivity index (χ3n) is 3.52. The highest BCUT2D eigenvalue weighted by Gasteiger charge is 2.32. The summed E-state index contributed by atoms with van der Waals surface area (Å²) in [4.78, 5) is 13.6. The summed E-state index contributed by atoms with van der Waals surface area (Å²) in [6.45, 7) is 0.565. The molecule has 0 aromatic heterocycles. The molecule has 21 heavy (non-hydrogen) atoms. The first-order chi connectivity index (χ1) is 9.91. The Bertz CT molecular complexity index is 614. The van der Waals surface area contributed by atoms with Gasteiger partial charge in [0, 0.05) is 19.3 Å². The van der Waals surface area contributed by atoms with Gasteiger partial charge in [-0.15, -0.1) is 0 Å². The van der Waals surface area contributed by atoms with E-state index < -0.39 is 15.1 Å². The third-order valence-corrected chi connectivity index (χ3v) is 5.12. The van der Waals surface area contributed by atoms with Crippen LogP contribution in [-0.4, -0.2) is 57.5 Å². The lowest BCUT2D eigenvalue weighted by molar-refractivity contribution is -0.132. The highest BCUT2D eigenvalue weighted by atomic mass is 32.2. The van der Waals surface area contributed by atoms with E-state index in [2.05, 4.69) is 0 Å². The summed E-state index contributed by atoms with van der Waals surface area (Å²) >= 11 is 0. The molecule has 0 N–H and O–H groups in total. The minimum Gasteiger partial charge on any atom is -0.493 e. The molecule has 6 nitrogen and oxygen atoms in total. The van der Waals surface area contributed by atoms with Crippen LogP contribution in [0.4, 0.5) is 0 Å². The van der Waals surface area contributed by atoms with Gasteiger partial charge in [-0.2, -0.15) is 0 Å². The van der Waals surface area contributed by atoms with Gasteiger partial charge < -0.3 is 14.4 Å². The molecule has 1 unspecified atom stereocenters. The number of rotatable bonds is 5. The molecule has 1 aliphatic heterocycles. The monoisotopic (exact) mass is 313 g/mol. The number of methoxy groups -OCH3 is 1. The van der Waals surface area contributed by atoms with Crippen molar-refractivity contribution >= 4 is 15.7 Å². The van der Waals surface area contributed by atoms with E-state index in [0.29, 0.717) is 24.5 Å². The van der Waals surface area contributed by atoms with Gasteiger partial charge in [-0.3, -0.25) is 4.79 Å². The molecule has 0 spiro atoms. The zero-order valence-corrected chi connectivity index (χ0v) is 12.9. The number of amides is 1. The van der Waals surface area contributed by atoms with Gasteiger partial charge in [-0.05, 0) is 18.6 Å². The van der Waals surface area contributed by atoms with Crippen LogP contribution < -0.4 is 9.47 Å². The van der Waals surface area contributed by atoms with Crippen molar-refractivity contribution in [2.24, 2.45) is 0 Å². The third kappa shape index (κ3) is 3.87. The minimum atomic E-state index is -3.10. The van der Waals surface area contributed by atoms with Crippen LogP contribution in [0.1, 0.15) is 6.42 Å². The molecule has 7 heteroatoms. The van der Waals surface area contributed by atoms with Crippen LogP contribution in [0.15, 0.2) is 24.3 Å². The number of nitrogens with zero attached hydrogens (tertiary/aromatic N) is 1. The second kappa shape index (κ2) is 6.34. The zero-order chi connectivity index (χ0) is 15.5. The average molecular weight is 313 g/mol. The normalized spacial score (nSPS) is 18.6. The summed E-state index contributed by atoms with van der Waals surface area (Å²) in [5, 5.41) is -0.465. The van der Waals surface area contributed by atoms with E-state index in [0.717, 1.165) is 0 Å². The van der Waals surface area contributed by atoms with Crippen molar-refractivity contribution in [3.05, 3.63) is 24.3 Å². The Labute approximate surface area is 124 Å². The van der Waals surface area contributed by atoms with Crippen LogP contribution >= 0.6 is 0 Å². The number of likely N-dealkylation sites (tertiary alicyclic amines) is 1. The standard InChI is InChI=1S/C14H19NO5S/c1-19-12-5-3-4-6-13(12)20-10-14(16)15-8-7-11(9-15)21(2,17)18/h3-6,11H,7-10H2,1-2H3. The van der Waals surface area contributed by atoms with Crippen LogP contribution in [-0.2, 0) is 14.6 Å². The van der Waals surface area contributed by atoms with Crippen molar-refractivity contribution in [3.63, 3.8) is 0 Å². The average Bonchev–Trinajstić information content (AvgIpc) is 2.95. The van der Waals surface area contributed by atoms with E-state index >= 15 is 0 Å². The molecule has 1 fully saturated rings. The fourth-order valence-electron chi connectivity index (χ4n) is 2.27. The van der Waals surface area contributed by atoms with E-state index in [-0.39, 0.29) is 19.1 Å². The van der Waals surface area contributed by atoms with Crippen molar-refractivity contribution in [1.82, 2.24) is 4.90 Å². The number of sulfone groups is 1.